The Labute approximate surface area is 124 Å². The van der Waals surface area contributed by atoms with Crippen LogP contribution in [0.2, 0.25) is 0 Å². The van der Waals surface area contributed by atoms with E-state index in [0.717, 1.165) is 42.3 Å². The van der Waals surface area contributed by atoms with Gasteiger partial charge in [0.05, 0.1) is 12.3 Å². The highest BCUT2D eigenvalue weighted by molar-refractivity contribution is 5.37. The van der Waals surface area contributed by atoms with E-state index in [1.54, 1.807) is 0 Å². The molecule has 0 aliphatic carbocycles. The van der Waals surface area contributed by atoms with Gasteiger partial charge >= 0.3 is 0 Å². The van der Waals surface area contributed by atoms with Crippen molar-refractivity contribution >= 4 is 5.82 Å². The predicted molar refractivity (Wildman–Crippen MR) is 80.1 cm³/mol. The van der Waals surface area contributed by atoms with E-state index >= 15 is 0 Å². The number of hydrogen-bond acceptors (Lipinski definition) is 5. The molecule has 0 unspecified atom stereocenters. The quantitative estimate of drug-likeness (QED) is 0.937. The Balaban J connectivity index is 1.68. The molecule has 0 aromatic carbocycles. The molecule has 112 valence electrons. The first-order valence-electron chi connectivity index (χ1n) is 7.29. The van der Waals surface area contributed by atoms with Crippen LogP contribution in [-0.2, 0) is 11.8 Å². The Morgan fingerprint density at radius 1 is 1.33 bits per heavy atom. The molecule has 0 saturated carbocycles. The minimum atomic E-state index is 0.106. The number of nitrogens with zero attached hydrogens (tertiary/aromatic N) is 4. The van der Waals surface area contributed by atoms with Gasteiger partial charge in [-0.3, -0.25) is 4.68 Å². The van der Waals surface area contributed by atoms with E-state index in [4.69, 9.17) is 4.74 Å². The van der Waals surface area contributed by atoms with Gasteiger partial charge < -0.3 is 10.1 Å². The van der Waals surface area contributed by atoms with Crippen molar-refractivity contribution in [2.75, 3.05) is 11.9 Å². The van der Waals surface area contributed by atoms with Crippen molar-refractivity contribution in [3.05, 3.63) is 35.5 Å². The monoisotopic (exact) mass is 287 g/mol. The van der Waals surface area contributed by atoms with Crippen molar-refractivity contribution in [1.29, 1.82) is 0 Å². The lowest BCUT2D eigenvalue weighted by atomic mass is 9.99. The van der Waals surface area contributed by atoms with Crippen molar-refractivity contribution in [2.24, 2.45) is 7.05 Å². The van der Waals surface area contributed by atoms with Gasteiger partial charge in [-0.2, -0.15) is 5.10 Å². The molecule has 0 spiro atoms. The molecule has 6 nitrogen and oxygen atoms in total. The van der Waals surface area contributed by atoms with Crippen LogP contribution >= 0.6 is 0 Å². The molecule has 1 fully saturated rings. The Hall–Kier alpha value is -1.95. The van der Waals surface area contributed by atoms with Gasteiger partial charge in [0.2, 0.25) is 0 Å². The Morgan fingerprint density at radius 2 is 2.19 bits per heavy atom. The molecule has 2 aromatic rings. The zero-order chi connectivity index (χ0) is 14.8. The van der Waals surface area contributed by atoms with E-state index in [0.29, 0.717) is 6.04 Å². The average Bonchev–Trinajstić information content (AvgIpc) is 2.84. The molecule has 1 aliphatic heterocycles. The fourth-order valence-electron chi connectivity index (χ4n) is 2.77. The summed E-state index contributed by atoms with van der Waals surface area (Å²) >= 11 is 0. The van der Waals surface area contributed by atoms with Gasteiger partial charge in [-0.05, 0) is 26.7 Å². The van der Waals surface area contributed by atoms with Gasteiger partial charge in [0, 0.05) is 43.2 Å². The number of nitrogens with one attached hydrogen (secondary N) is 1. The number of anilines is 1. The molecule has 21 heavy (non-hydrogen) atoms. The van der Waals surface area contributed by atoms with Crippen LogP contribution in [-0.4, -0.2) is 32.4 Å². The van der Waals surface area contributed by atoms with E-state index in [1.807, 2.05) is 44.0 Å². The minimum absolute atomic E-state index is 0.106. The minimum Gasteiger partial charge on any atom is -0.373 e. The number of ether oxygens (including phenoxy) is 1. The SMILES string of the molecule is Cc1cc(N[C@@H]2CCO[C@@H](c3cnn(C)c3)C2)nc(C)n1. The third-order valence-corrected chi connectivity index (χ3v) is 3.70. The highest BCUT2D eigenvalue weighted by Gasteiger charge is 2.25. The summed E-state index contributed by atoms with van der Waals surface area (Å²) in [5.74, 6) is 1.70. The van der Waals surface area contributed by atoms with Crippen LogP contribution in [0.4, 0.5) is 5.82 Å². The van der Waals surface area contributed by atoms with E-state index in [-0.39, 0.29) is 6.10 Å². The van der Waals surface area contributed by atoms with Gasteiger partial charge in [-0.1, -0.05) is 0 Å². The number of aryl methyl sites for hydroxylation is 3. The van der Waals surface area contributed by atoms with Crippen LogP contribution in [0, 0.1) is 13.8 Å². The summed E-state index contributed by atoms with van der Waals surface area (Å²) in [5, 5.41) is 7.73. The van der Waals surface area contributed by atoms with Crippen LogP contribution in [0.1, 0.15) is 36.0 Å². The topological polar surface area (TPSA) is 64.9 Å². The second-order valence-corrected chi connectivity index (χ2v) is 5.61. The van der Waals surface area contributed by atoms with E-state index in [2.05, 4.69) is 20.4 Å². The lowest BCUT2D eigenvalue weighted by Crippen LogP contribution is -2.30. The first kappa shape index (κ1) is 14.0. The summed E-state index contributed by atoms with van der Waals surface area (Å²) in [5.41, 5.74) is 2.12. The maximum absolute atomic E-state index is 5.87. The summed E-state index contributed by atoms with van der Waals surface area (Å²) in [7, 11) is 1.93. The lowest BCUT2D eigenvalue weighted by molar-refractivity contribution is 0.00970. The third kappa shape index (κ3) is 3.39. The van der Waals surface area contributed by atoms with Gasteiger partial charge in [-0.15, -0.1) is 0 Å². The molecule has 6 heteroatoms. The molecule has 2 atom stereocenters. The van der Waals surface area contributed by atoms with E-state index in [9.17, 15) is 0 Å². The fraction of sp³-hybridized carbons (Fsp3) is 0.533. The van der Waals surface area contributed by atoms with Crippen LogP contribution < -0.4 is 5.32 Å². The number of hydrogen-bond donors (Lipinski definition) is 1. The van der Waals surface area contributed by atoms with E-state index in [1.165, 1.54) is 0 Å². The lowest BCUT2D eigenvalue weighted by Gasteiger charge is -2.30. The first-order chi connectivity index (χ1) is 10.1. The number of aromatic nitrogens is 4. The van der Waals surface area contributed by atoms with Crippen molar-refractivity contribution in [1.82, 2.24) is 19.7 Å². The number of rotatable bonds is 3. The predicted octanol–water partition coefficient (Wildman–Crippen LogP) is 2.16. The fourth-order valence-corrected chi connectivity index (χ4v) is 2.77. The maximum atomic E-state index is 5.87. The highest BCUT2D eigenvalue weighted by Crippen LogP contribution is 2.29. The van der Waals surface area contributed by atoms with E-state index < -0.39 is 0 Å². The van der Waals surface area contributed by atoms with Crippen LogP contribution in [0.25, 0.3) is 0 Å². The summed E-state index contributed by atoms with van der Waals surface area (Å²) < 4.78 is 7.68. The van der Waals surface area contributed by atoms with Crippen LogP contribution in [0.5, 0.6) is 0 Å². The van der Waals surface area contributed by atoms with Gasteiger partial charge in [0.1, 0.15) is 11.6 Å². The van der Waals surface area contributed by atoms with Crippen LogP contribution in [0.3, 0.4) is 0 Å². The normalized spacial score (nSPS) is 22.2. The van der Waals surface area contributed by atoms with Gasteiger partial charge in [0.25, 0.3) is 0 Å². The summed E-state index contributed by atoms with van der Waals surface area (Å²) in [6.07, 6.45) is 5.92. The smallest absolute Gasteiger partial charge is 0.130 e. The molecule has 1 aliphatic rings. The zero-order valence-electron chi connectivity index (χ0n) is 12.7. The molecule has 0 bridgehead atoms. The molecule has 1 saturated heterocycles. The van der Waals surface area contributed by atoms with Crippen molar-refractivity contribution in [3.63, 3.8) is 0 Å². The molecular weight excluding hydrogens is 266 g/mol. The molecule has 3 heterocycles. The first-order valence-corrected chi connectivity index (χ1v) is 7.29. The largest absolute Gasteiger partial charge is 0.373 e. The Kier molecular flexibility index (Phi) is 3.88. The maximum Gasteiger partial charge on any atom is 0.130 e. The van der Waals surface area contributed by atoms with Gasteiger partial charge in [-0.25, -0.2) is 9.97 Å². The summed E-state index contributed by atoms with van der Waals surface area (Å²) in [6.45, 7) is 4.66. The molecule has 0 amide bonds. The Morgan fingerprint density at radius 3 is 2.90 bits per heavy atom. The molecule has 3 rings (SSSR count). The van der Waals surface area contributed by atoms with Crippen molar-refractivity contribution in [2.45, 2.75) is 38.8 Å². The molecular formula is C15H21N5O. The van der Waals surface area contributed by atoms with Crippen molar-refractivity contribution < 1.29 is 4.74 Å². The summed E-state index contributed by atoms with van der Waals surface area (Å²) in [4.78, 5) is 8.76. The van der Waals surface area contributed by atoms with Crippen molar-refractivity contribution in [3.8, 4) is 0 Å². The second kappa shape index (κ2) is 5.81. The molecule has 2 aromatic heterocycles. The van der Waals surface area contributed by atoms with Gasteiger partial charge in [0.15, 0.2) is 0 Å². The van der Waals surface area contributed by atoms with Crippen LogP contribution in [0.15, 0.2) is 18.5 Å². The Bertz CT molecular complexity index is 604. The zero-order valence-corrected chi connectivity index (χ0v) is 12.7. The standard InChI is InChI=1S/C15H21N5O/c1-10-6-15(18-11(2)17-10)19-13-4-5-21-14(7-13)12-8-16-20(3)9-12/h6,8-9,13-14H,4-5,7H2,1-3H3,(H,17,18,19)/t13-,14-/m1/s1. The third-order valence-electron chi connectivity index (χ3n) is 3.70. The highest BCUT2D eigenvalue weighted by atomic mass is 16.5. The average molecular weight is 287 g/mol. The molecule has 0 radical (unpaired) electrons. The second-order valence-electron chi connectivity index (χ2n) is 5.61. The molecule has 1 N–H and O–H groups in total. The summed E-state index contributed by atoms with van der Waals surface area (Å²) in [6, 6.07) is 2.35.